The Balaban J connectivity index is 1.40. The third-order valence-electron chi connectivity index (χ3n) is 7.83. The van der Waals surface area contributed by atoms with Gasteiger partial charge in [0.2, 0.25) is 5.88 Å². The van der Waals surface area contributed by atoms with E-state index in [-0.39, 0.29) is 37.4 Å². The summed E-state index contributed by atoms with van der Waals surface area (Å²) < 4.78 is 39.0. The van der Waals surface area contributed by atoms with Gasteiger partial charge in [0.1, 0.15) is 10.7 Å². The van der Waals surface area contributed by atoms with Gasteiger partial charge >= 0.3 is 7.12 Å². The average Bonchev–Trinajstić information content (AvgIpc) is 2.96. The summed E-state index contributed by atoms with van der Waals surface area (Å²) >= 11 is 6.30. The predicted octanol–water partition coefficient (Wildman–Crippen LogP) is 5.59. The zero-order chi connectivity index (χ0) is 29.8. The summed E-state index contributed by atoms with van der Waals surface area (Å²) in [4.78, 5) is 19.8. The number of aromatic nitrogens is 1. The number of hydrogen-bond acceptors (Lipinski definition) is 8. The van der Waals surface area contributed by atoms with Crippen molar-refractivity contribution < 1.29 is 23.0 Å². The lowest BCUT2D eigenvalue weighted by molar-refractivity contribution is -0.0225. The molecule has 4 aromatic rings. The number of oxime groups is 1. The highest BCUT2D eigenvalue weighted by molar-refractivity contribution is 6.62. The molecule has 1 atom stereocenters. The summed E-state index contributed by atoms with van der Waals surface area (Å²) in [6, 6.07) is 12.3. The number of anilines is 2. The van der Waals surface area contributed by atoms with Gasteiger partial charge in [-0.3, -0.25) is 4.79 Å². The molecule has 1 unspecified atom stereocenters. The summed E-state index contributed by atoms with van der Waals surface area (Å²) in [5.74, 6) is -2.39. The van der Waals surface area contributed by atoms with Crippen molar-refractivity contribution in [3.05, 3.63) is 80.1 Å². The normalized spacial score (nSPS) is 16.7. The molecule has 0 saturated carbocycles. The minimum Gasteiger partial charge on any atom is -0.440 e. The van der Waals surface area contributed by atoms with Gasteiger partial charge in [-0.2, -0.15) is 0 Å². The molecule has 2 N–H and O–H groups in total. The Morgan fingerprint density at radius 3 is 2.67 bits per heavy atom. The SMILES string of the molecule is Cc1cc(C(C)Nc2ccc(Cl)nc2-c2ccc3c(c2)C=NOB3O)c2oc(N3CCC(F)(F)CC3)c(C)c(=O)c2c1. The van der Waals surface area contributed by atoms with Crippen molar-refractivity contribution in [1.82, 2.24) is 4.98 Å². The molecule has 2 aromatic heterocycles. The first-order valence-corrected chi connectivity index (χ1v) is 14.0. The zero-order valence-corrected chi connectivity index (χ0v) is 24.0. The number of nitrogens with zero attached hydrogens (tertiary/aromatic N) is 3. The molecule has 0 spiro atoms. The molecule has 0 aliphatic carbocycles. The first kappa shape index (κ1) is 28.2. The molecule has 42 heavy (non-hydrogen) atoms. The van der Waals surface area contributed by atoms with Crippen LogP contribution in [0.1, 0.15) is 48.1 Å². The maximum Gasteiger partial charge on any atom is 0.583 e. The highest BCUT2D eigenvalue weighted by Crippen LogP contribution is 2.36. The standard InChI is InChI=1S/C30H28BClF2N4O4/c1-16-12-21(28-22(13-16)27(39)17(2)29(41-28)38-10-8-30(33,34)9-11-38)18(3)36-24-6-7-25(32)37-26(24)19-4-5-23-20(14-19)15-35-42-31(23)40/h4-7,12-15,18,36,40H,8-11H2,1-3H3. The molecule has 8 nitrogen and oxygen atoms in total. The van der Waals surface area contributed by atoms with Crippen LogP contribution in [-0.4, -0.2) is 42.4 Å². The van der Waals surface area contributed by atoms with Crippen LogP contribution in [0.3, 0.4) is 0 Å². The quantitative estimate of drug-likeness (QED) is 0.230. The molecule has 0 radical (unpaired) electrons. The second-order valence-electron chi connectivity index (χ2n) is 10.9. The molecule has 0 bridgehead atoms. The van der Waals surface area contributed by atoms with Crippen molar-refractivity contribution in [1.29, 1.82) is 0 Å². The molecule has 2 aliphatic rings. The largest absolute Gasteiger partial charge is 0.583 e. The second-order valence-corrected chi connectivity index (χ2v) is 11.3. The number of nitrogens with one attached hydrogen (secondary N) is 1. The molecular weight excluding hydrogens is 565 g/mol. The van der Waals surface area contributed by atoms with Crippen molar-refractivity contribution in [3.63, 3.8) is 0 Å². The average molecular weight is 593 g/mol. The Hall–Kier alpha value is -3.96. The van der Waals surface area contributed by atoms with Gasteiger partial charge in [0.15, 0.2) is 5.43 Å². The Kier molecular flexibility index (Phi) is 7.18. The van der Waals surface area contributed by atoms with Gasteiger partial charge in [0.25, 0.3) is 5.92 Å². The van der Waals surface area contributed by atoms with E-state index >= 15 is 0 Å². The van der Waals surface area contributed by atoms with Gasteiger partial charge in [-0.25, -0.2) is 13.8 Å². The van der Waals surface area contributed by atoms with Crippen LogP contribution >= 0.6 is 11.6 Å². The Bertz CT molecular complexity index is 1790. The number of aryl methyl sites for hydroxylation is 1. The minimum atomic E-state index is -2.72. The molecule has 216 valence electrons. The number of piperidine rings is 1. The highest BCUT2D eigenvalue weighted by Gasteiger charge is 2.35. The monoisotopic (exact) mass is 592 g/mol. The van der Waals surface area contributed by atoms with Gasteiger partial charge in [0.05, 0.1) is 34.6 Å². The summed E-state index contributed by atoms with van der Waals surface area (Å²) in [7, 11) is -1.15. The van der Waals surface area contributed by atoms with Crippen molar-refractivity contribution in [2.45, 2.75) is 45.6 Å². The number of halogens is 3. The highest BCUT2D eigenvalue weighted by atomic mass is 35.5. The van der Waals surface area contributed by atoms with Gasteiger partial charge in [-0.15, -0.1) is 5.16 Å². The molecule has 0 amide bonds. The number of hydrogen-bond donors (Lipinski definition) is 2. The van der Waals surface area contributed by atoms with E-state index in [1.807, 2.05) is 38.1 Å². The van der Waals surface area contributed by atoms with E-state index in [0.717, 1.165) is 16.7 Å². The number of rotatable bonds is 5. The lowest BCUT2D eigenvalue weighted by Gasteiger charge is -2.33. The lowest BCUT2D eigenvalue weighted by Crippen LogP contribution is -2.40. The van der Waals surface area contributed by atoms with Gasteiger partial charge in [-0.05, 0) is 56.2 Å². The minimum absolute atomic E-state index is 0.103. The summed E-state index contributed by atoms with van der Waals surface area (Å²) in [5.41, 5.74) is 5.53. The number of alkyl halides is 2. The first-order valence-electron chi connectivity index (χ1n) is 13.7. The molecular formula is C30H28BClF2N4O4. The fourth-order valence-electron chi connectivity index (χ4n) is 5.56. The maximum atomic E-state index is 13.9. The lowest BCUT2D eigenvalue weighted by atomic mass is 9.75. The molecule has 1 saturated heterocycles. The van der Waals surface area contributed by atoms with E-state index in [4.69, 9.17) is 20.8 Å². The Labute approximate surface area is 246 Å². The van der Waals surface area contributed by atoms with Crippen molar-refractivity contribution in [3.8, 4) is 11.3 Å². The Morgan fingerprint density at radius 1 is 1.14 bits per heavy atom. The molecule has 12 heteroatoms. The van der Waals surface area contributed by atoms with Gasteiger partial charge in [0, 0.05) is 42.5 Å². The Morgan fingerprint density at radius 2 is 1.90 bits per heavy atom. The third kappa shape index (κ3) is 5.23. The van der Waals surface area contributed by atoms with Gasteiger partial charge < -0.3 is 24.4 Å². The maximum absolute atomic E-state index is 13.9. The van der Waals surface area contributed by atoms with Crippen LogP contribution < -0.4 is 21.1 Å². The molecule has 1 fully saturated rings. The summed E-state index contributed by atoms with van der Waals surface area (Å²) in [6.07, 6.45) is 0.940. The van der Waals surface area contributed by atoms with E-state index in [1.54, 1.807) is 30.0 Å². The fourth-order valence-corrected chi connectivity index (χ4v) is 5.71. The molecule has 2 aliphatic heterocycles. The van der Waals surface area contributed by atoms with Gasteiger partial charge in [-0.1, -0.05) is 29.8 Å². The topological polar surface area (TPSA) is 100 Å². The third-order valence-corrected chi connectivity index (χ3v) is 8.04. The van der Waals surface area contributed by atoms with Crippen LogP contribution in [0.5, 0.6) is 0 Å². The number of benzene rings is 2. The second kappa shape index (κ2) is 10.7. The van der Waals surface area contributed by atoms with E-state index in [9.17, 15) is 18.6 Å². The number of pyridine rings is 1. The van der Waals surface area contributed by atoms with Crippen LogP contribution in [-0.2, 0) is 4.76 Å². The van der Waals surface area contributed by atoms with Crippen molar-refractivity contribution in [2.24, 2.45) is 5.16 Å². The van der Waals surface area contributed by atoms with E-state index in [2.05, 4.69) is 15.5 Å². The van der Waals surface area contributed by atoms with Crippen molar-refractivity contribution >= 4 is 52.9 Å². The summed E-state index contributed by atoms with van der Waals surface area (Å²) in [6.45, 7) is 5.74. The van der Waals surface area contributed by atoms with E-state index in [1.165, 1.54) is 6.21 Å². The van der Waals surface area contributed by atoms with Crippen LogP contribution in [0.4, 0.5) is 20.4 Å². The number of fused-ring (bicyclic) bond motifs is 2. The van der Waals surface area contributed by atoms with Crippen molar-refractivity contribution in [2.75, 3.05) is 23.3 Å². The van der Waals surface area contributed by atoms with E-state index in [0.29, 0.717) is 50.0 Å². The van der Waals surface area contributed by atoms with Crippen LogP contribution in [0.2, 0.25) is 5.15 Å². The zero-order valence-electron chi connectivity index (χ0n) is 23.2. The van der Waals surface area contributed by atoms with Crippen LogP contribution in [0.25, 0.3) is 22.2 Å². The smallest absolute Gasteiger partial charge is 0.440 e. The van der Waals surface area contributed by atoms with Crippen LogP contribution in [0, 0.1) is 13.8 Å². The predicted molar refractivity (Wildman–Crippen MR) is 161 cm³/mol. The van der Waals surface area contributed by atoms with Crippen LogP contribution in [0.15, 0.2) is 56.8 Å². The first-order chi connectivity index (χ1) is 20.0. The molecule has 2 aromatic carbocycles. The summed E-state index contributed by atoms with van der Waals surface area (Å²) in [5, 5.41) is 18.1. The van der Waals surface area contributed by atoms with E-state index < -0.39 is 13.0 Å². The fraction of sp³-hybridized carbons (Fsp3) is 0.300. The molecule has 6 rings (SSSR count). The molecule has 4 heterocycles.